The van der Waals surface area contributed by atoms with Gasteiger partial charge in [-0.2, -0.15) is 5.26 Å². The molecule has 8 heteroatoms. The molecule has 0 aliphatic heterocycles. The molecule has 0 aliphatic carbocycles. The maximum Gasteiger partial charge on any atom is 0.323 e. The summed E-state index contributed by atoms with van der Waals surface area (Å²) in [7, 11) is 1.49. The van der Waals surface area contributed by atoms with Gasteiger partial charge in [-0.3, -0.25) is 9.88 Å². The lowest BCUT2D eigenvalue weighted by Gasteiger charge is -2.21. The number of methoxy groups -OCH3 is 1. The van der Waals surface area contributed by atoms with E-state index >= 15 is 0 Å². The smallest absolute Gasteiger partial charge is 0.323 e. The van der Waals surface area contributed by atoms with Gasteiger partial charge in [0.25, 0.3) is 0 Å². The quantitative estimate of drug-likeness (QED) is 0.467. The zero-order chi connectivity index (χ0) is 22.7. The van der Waals surface area contributed by atoms with Crippen LogP contribution in [-0.4, -0.2) is 18.1 Å². The van der Waals surface area contributed by atoms with E-state index in [1.54, 1.807) is 48.7 Å². The Bertz CT molecular complexity index is 1330. The number of nitrogens with two attached hydrogens (primary N) is 1. The van der Waals surface area contributed by atoms with Crippen LogP contribution in [0, 0.1) is 17.1 Å². The van der Waals surface area contributed by atoms with Crippen molar-refractivity contribution in [3.05, 3.63) is 84.3 Å². The van der Waals surface area contributed by atoms with Crippen LogP contribution in [0.3, 0.4) is 0 Å². The highest BCUT2D eigenvalue weighted by Crippen LogP contribution is 2.34. The van der Waals surface area contributed by atoms with Gasteiger partial charge in [-0.15, -0.1) is 0 Å². The van der Waals surface area contributed by atoms with Gasteiger partial charge in [0.15, 0.2) is 0 Å². The molecule has 0 spiro atoms. The first kappa shape index (κ1) is 20.6. The molecule has 2 N–H and O–H groups in total. The van der Waals surface area contributed by atoms with E-state index in [-0.39, 0.29) is 0 Å². The lowest BCUT2D eigenvalue weighted by atomic mass is 10.1. The van der Waals surface area contributed by atoms with Gasteiger partial charge in [0, 0.05) is 11.6 Å². The van der Waals surface area contributed by atoms with Crippen LogP contribution < -0.4 is 20.1 Å². The van der Waals surface area contributed by atoms with Crippen molar-refractivity contribution >= 4 is 28.3 Å². The van der Waals surface area contributed by atoms with Crippen LogP contribution in [0.15, 0.2) is 72.9 Å². The Balaban J connectivity index is 1.65. The number of aromatic nitrogens is 1. The standard InChI is InChI=1S/C24H17FN4O3/c1-31-23-13-20-21(12-15(23)14-26)28-11-10-22(20)32-19-8-6-18(7-9-19)29(24(27)30)17-4-2-16(25)3-5-17/h2-13H,1H3,(H2,27,30). The topological polar surface area (TPSA) is 101 Å². The summed E-state index contributed by atoms with van der Waals surface area (Å²) in [6.07, 6.45) is 1.59. The number of primary amides is 1. The number of carbonyl (C=O) groups excluding carboxylic acids is 1. The summed E-state index contributed by atoms with van der Waals surface area (Å²) in [5.74, 6) is 1.04. The van der Waals surface area contributed by atoms with Gasteiger partial charge in [-0.1, -0.05) is 0 Å². The molecule has 0 atom stereocenters. The highest BCUT2D eigenvalue weighted by molar-refractivity contribution is 5.98. The van der Waals surface area contributed by atoms with Crippen molar-refractivity contribution in [3.63, 3.8) is 0 Å². The van der Waals surface area contributed by atoms with Crippen LogP contribution >= 0.6 is 0 Å². The molecule has 1 aromatic heterocycles. The molecule has 158 valence electrons. The molecular formula is C24H17FN4O3. The van der Waals surface area contributed by atoms with Gasteiger partial charge in [-0.05, 0) is 66.7 Å². The predicted octanol–water partition coefficient (Wildman–Crippen LogP) is 5.26. The molecule has 3 aromatic carbocycles. The SMILES string of the molecule is COc1cc2c(Oc3ccc(N(C(N)=O)c4ccc(F)cc4)cc3)ccnc2cc1C#N. The number of rotatable bonds is 5. The number of hydrogen-bond acceptors (Lipinski definition) is 5. The minimum Gasteiger partial charge on any atom is -0.495 e. The molecule has 0 aliphatic rings. The van der Waals surface area contributed by atoms with Crippen molar-refractivity contribution in [2.75, 3.05) is 12.0 Å². The zero-order valence-corrected chi connectivity index (χ0v) is 16.9. The van der Waals surface area contributed by atoms with Crippen molar-refractivity contribution in [2.45, 2.75) is 0 Å². The zero-order valence-electron chi connectivity index (χ0n) is 16.9. The Hall–Kier alpha value is -4.64. The van der Waals surface area contributed by atoms with E-state index in [1.807, 2.05) is 0 Å². The lowest BCUT2D eigenvalue weighted by molar-refractivity contribution is 0.256. The molecule has 0 radical (unpaired) electrons. The number of nitriles is 1. The minimum absolute atomic E-state index is 0.376. The molecular weight excluding hydrogens is 411 g/mol. The average Bonchev–Trinajstić information content (AvgIpc) is 2.80. The van der Waals surface area contributed by atoms with Gasteiger partial charge in [0.1, 0.15) is 29.1 Å². The normalized spacial score (nSPS) is 10.4. The summed E-state index contributed by atoms with van der Waals surface area (Å²) in [4.78, 5) is 17.6. The number of amides is 2. The summed E-state index contributed by atoms with van der Waals surface area (Å²) in [6.45, 7) is 0. The molecule has 0 saturated carbocycles. The fourth-order valence-electron chi connectivity index (χ4n) is 3.28. The molecule has 0 unspecified atom stereocenters. The highest BCUT2D eigenvalue weighted by atomic mass is 19.1. The van der Waals surface area contributed by atoms with E-state index in [1.165, 1.54) is 36.3 Å². The van der Waals surface area contributed by atoms with E-state index in [2.05, 4.69) is 11.1 Å². The van der Waals surface area contributed by atoms with Crippen LogP contribution in [0.1, 0.15) is 5.56 Å². The average molecular weight is 428 g/mol. The van der Waals surface area contributed by atoms with Crippen molar-refractivity contribution < 1.29 is 18.7 Å². The van der Waals surface area contributed by atoms with Crippen molar-refractivity contribution in [3.8, 4) is 23.3 Å². The van der Waals surface area contributed by atoms with Gasteiger partial charge in [0.2, 0.25) is 0 Å². The van der Waals surface area contributed by atoms with E-state index in [4.69, 9.17) is 15.2 Å². The third-order valence-electron chi connectivity index (χ3n) is 4.77. The van der Waals surface area contributed by atoms with Crippen LogP contribution in [0.25, 0.3) is 10.9 Å². The summed E-state index contributed by atoms with van der Waals surface area (Å²) < 4.78 is 24.5. The molecule has 2 amide bonds. The Labute approximate surface area is 183 Å². The first-order chi connectivity index (χ1) is 15.5. The number of anilines is 2. The van der Waals surface area contributed by atoms with Gasteiger partial charge >= 0.3 is 6.03 Å². The van der Waals surface area contributed by atoms with Crippen LogP contribution in [0.5, 0.6) is 17.2 Å². The monoisotopic (exact) mass is 428 g/mol. The predicted molar refractivity (Wildman–Crippen MR) is 118 cm³/mol. The minimum atomic E-state index is -0.703. The Morgan fingerprint density at radius 2 is 1.69 bits per heavy atom. The number of urea groups is 1. The number of carbonyl (C=O) groups is 1. The number of ether oxygens (including phenoxy) is 2. The molecule has 1 heterocycles. The fraction of sp³-hybridized carbons (Fsp3) is 0.0417. The second kappa shape index (κ2) is 8.62. The first-order valence-corrected chi connectivity index (χ1v) is 9.50. The van der Waals surface area contributed by atoms with Gasteiger partial charge < -0.3 is 15.2 Å². The lowest BCUT2D eigenvalue weighted by Crippen LogP contribution is -2.31. The molecule has 32 heavy (non-hydrogen) atoms. The van der Waals surface area contributed by atoms with Crippen molar-refractivity contribution in [1.29, 1.82) is 5.26 Å². The molecule has 0 bridgehead atoms. The molecule has 7 nitrogen and oxygen atoms in total. The Morgan fingerprint density at radius 3 is 2.28 bits per heavy atom. The third kappa shape index (κ3) is 4.00. The summed E-state index contributed by atoms with van der Waals surface area (Å²) in [5, 5.41) is 9.95. The van der Waals surface area contributed by atoms with E-state index in [0.717, 1.165) is 0 Å². The van der Waals surface area contributed by atoms with E-state index in [9.17, 15) is 14.4 Å². The maximum atomic E-state index is 13.2. The van der Waals surface area contributed by atoms with Crippen molar-refractivity contribution in [1.82, 2.24) is 4.98 Å². The number of halogens is 1. The van der Waals surface area contributed by atoms with E-state index in [0.29, 0.717) is 45.1 Å². The summed E-state index contributed by atoms with van der Waals surface area (Å²) in [5.41, 5.74) is 7.44. The number of benzene rings is 3. The first-order valence-electron chi connectivity index (χ1n) is 9.50. The van der Waals surface area contributed by atoms with Gasteiger partial charge in [-0.25, -0.2) is 9.18 Å². The number of pyridine rings is 1. The molecule has 0 saturated heterocycles. The number of nitrogens with zero attached hydrogens (tertiary/aromatic N) is 3. The second-order valence-corrected chi connectivity index (χ2v) is 6.74. The van der Waals surface area contributed by atoms with Gasteiger partial charge in [0.05, 0.1) is 29.6 Å². The highest BCUT2D eigenvalue weighted by Gasteiger charge is 2.16. The fourth-order valence-corrected chi connectivity index (χ4v) is 3.28. The Morgan fingerprint density at radius 1 is 1.03 bits per heavy atom. The number of hydrogen-bond donors (Lipinski definition) is 1. The third-order valence-corrected chi connectivity index (χ3v) is 4.77. The second-order valence-electron chi connectivity index (χ2n) is 6.74. The molecule has 0 fully saturated rings. The van der Waals surface area contributed by atoms with Crippen LogP contribution in [0.4, 0.5) is 20.6 Å². The maximum absolute atomic E-state index is 13.2. The van der Waals surface area contributed by atoms with Crippen LogP contribution in [0.2, 0.25) is 0 Å². The molecule has 4 rings (SSSR count). The number of fused-ring (bicyclic) bond motifs is 1. The van der Waals surface area contributed by atoms with E-state index < -0.39 is 11.8 Å². The van der Waals surface area contributed by atoms with Crippen molar-refractivity contribution in [2.24, 2.45) is 5.73 Å². The summed E-state index contributed by atoms with van der Waals surface area (Å²) >= 11 is 0. The Kier molecular flexibility index (Phi) is 5.55. The van der Waals surface area contributed by atoms with Crippen LogP contribution in [-0.2, 0) is 0 Å². The summed E-state index contributed by atoms with van der Waals surface area (Å²) in [6, 6.07) is 18.6. The molecule has 4 aromatic rings. The largest absolute Gasteiger partial charge is 0.495 e.